The lowest BCUT2D eigenvalue weighted by molar-refractivity contribution is -0.00297. The van der Waals surface area contributed by atoms with Crippen molar-refractivity contribution >= 4 is 0 Å². The van der Waals surface area contributed by atoms with Crippen molar-refractivity contribution in [3.63, 3.8) is 0 Å². The van der Waals surface area contributed by atoms with Crippen LogP contribution in [-0.2, 0) is 0 Å². The molecule has 0 radical (unpaired) electrons. The zero-order valence-electron chi connectivity index (χ0n) is 9.46. The summed E-state index contributed by atoms with van der Waals surface area (Å²) in [5.74, 6) is 0.854. The first-order chi connectivity index (χ1) is 5.78. The standard InChI is InChI=1S/C12H22O/c1-9(2)12(13)7-6-11(4,5)10(3)8-12/h6-7,9-10,13H,8H2,1-5H3. The van der Waals surface area contributed by atoms with Gasteiger partial charge in [-0.05, 0) is 23.7 Å². The summed E-state index contributed by atoms with van der Waals surface area (Å²) in [5.41, 5.74) is -0.337. The van der Waals surface area contributed by atoms with Crippen LogP contribution in [0.2, 0.25) is 0 Å². The van der Waals surface area contributed by atoms with Gasteiger partial charge in [0.25, 0.3) is 0 Å². The van der Waals surface area contributed by atoms with Crippen molar-refractivity contribution in [3.05, 3.63) is 12.2 Å². The van der Waals surface area contributed by atoms with Crippen molar-refractivity contribution in [2.24, 2.45) is 17.3 Å². The van der Waals surface area contributed by atoms with Gasteiger partial charge in [-0.15, -0.1) is 0 Å². The fourth-order valence-corrected chi connectivity index (χ4v) is 1.77. The molecule has 0 heterocycles. The minimum Gasteiger partial charge on any atom is -0.386 e. The van der Waals surface area contributed by atoms with E-state index >= 15 is 0 Å². The monoisotopic (exact) mass is 182 g/mol. The van der Waals surface area contributed by atoms with Gasteiger partial charge in [0.05, 0.1) is 5.60 Å². The summed E-state index contributed by atoms with van der Waals surface area (Å²) in [7, 11) is 0. The van der Waals surface area contributed by atoms with Gasteiger partial charge in [0.1, 0.15) is 0 Å². The van der Waals surface area contributed by atoms with Crippen LogP contribution in [0.1, 0.15) is 41.0 Å². The first-order valence-electron chi connectivity index (χ1n) is 5.21. The molecule has 0 saturated heterocycles. The molecule has 1 aliphatic rings. The maximum atomic E-state index is 10.3. The van der Waals surface area contributed by atoms with E-state index in [2.05, 4.69) is 40.7 Å². The molecule has 0 fully saturated rings. The molecular weight excluding hydrogens is 160 g/mol. The average Bonchev–Trinajstić information content (AvgIpc) is 1.98. The molecule has 1 rings (SSSR count). The maximum Gasteiger partial charge on any atom is 0.0853 e. The fraction of sp³-hybridized carbons (Fsp3) is 0.833. The van der Waals surface area contributed by atoms with E-state index in [0.717, 1.165) is 6.42 Å². The van der Waals surface area contributed by atoms with E-state index < -0.39 is 5.60 Å². The highest BCUT2D eigenvalue weighted by molar-refractivity contribution is 5.14. The van der Waals surface area contributed by atoms with Gasteiger partial charge in [0.15, 0.2) is 0 Å². The van der Waals surface area contributed by atoms with E-state index in [4.69, 9.17) is 0 Å². The van der Waals surface area contributed by atoms with Gasteiger partial charge in [-0.3, -0.25) is 0 Å². The van der Waals surface area contributed by atoms with Crippen LogP contribution in [0.4, 0.5) is 0 Å². The van der Waals surface area contributed by atoms with E-state index in [1.807, 2.05) is 6.08 Å². The van der Waals surface area contributed by atoms with Crippen LogP contribution < -0.4 is 0 Å². The molecule has 0 aromatic rings. The highest BCUT2D eigenvalue weighted by Gasteiger charge is 2.38. The normalized spacial score (nSPS) is 38.2. The van der Waals surface area contributed by atoms with Crippen LogP contribution >= 0.6 is 0 Å². The second-order valence-electron chi connectivity index (χ2n) is 5.41. The molecule has 13 heavy (non-hydrogen) atoms. The summed E-state index contributed by atoms with van der Waals surface area (Å²) >= 11 is 0. The van der Waals surface area contributed by atoms with Gasteiger partial charge in [-0.1, -0.05) is 46.8 Å². The quantitative estimate of drug-likeness (QED) is 0.618. The van der Waals surface area contributed by atoms with E-state index in [9.17, 15) is 5.11 Å². The Balaban J connectivity index is 2.90. The van der Waals surface area contributed by atoms with Gasteiger partial charge in [0.2, 0.25) is 0 Å². The van der Waals surface area contributed by atoms with Crippen LogP contribution in [0.15, 0.2) is 12.2 Å². The molecule has 1 heteroatoms. The summed E-state index contributed by atoms with van der Waals surface area (Å²) in [6, 6.07) is 0. The Kier molecular flexibility index (Phi) is 2.59. The Labute approximate surface area is 81.9 Å². The Morgan fingerprint density at radius 1 is 1.31 bits per heavy atom. The third-order valence-corrected chi connectivity index (χ3v) is 3.70. The Morgan fingerprint density at radius 3 is 2.23 bits per heavy atom. The van der Waals surface area contributed by atoms with Crippen LogP contribution in [0.5, 0.6) is 0 Å². The maximum absolute atomic E-state index is 10.3. The van der Waals surface area contributed by atoms with Crippen LogP contribution in [0, 0.1) is 17.3 Å². The SMILES string of the molecule is CC1CC(O)(C(C)C)C=CC1(C)C. The van der Waals surface area contributed by atoms with Crippen molar-refractivity contribution < 1.29 is 5.11 Å². The van der Waals surface area contributed by atoms with Crippen molar-refractivity contribution in [1.82, 2.24) is 0 Å². The molecule has 0 spiro atoms. The number of hydrogen-bond acceptors (Lipinski definition) is 1. The lowest BCUT2D eigenvalue weighted by Gasteiger charge is -2.42. The van der Waals surface area contributed by atoms with Gasteiger partial charge in [-0.25, -0.2) is 0 Å². The van der Waals surface area contributed by atoms with Crippen LogP contribution in [0.3, 0.4) is 0 Å². The number of rotatable bonds is 1. The molecule has 76 valence electrons. The molecule has 0 aromatic carbocycles. The fourth-order valence-electron chi connectivity index (χ4n) is 1.77. The first kappa shape index (κ1) is 10.8. The van der Waals surface area contributed by atoms with Crippen molar-refractivity contribution in [1.29, 1.82) is 0 Å². The van der Waals surface area contributed by atoms with Crippen LogP contribution in [0.25, 0.3) is 0 Å². The number of aliphatic hydroxyl groups is 1. The Hall–Kier alpha value is -0.300. The summed E-state index contributed by atoms with van der Waals surface area (Å²) in [6.07, 6.45) is 5.05. The zero-order chi connectivity index (χ0) is 10.3. The van der Waals surface area contributed by atoms with Crippen molar-refractivity contribution in [2.45, 2.75) is 46.6 Å². The summed E-state index contributed by atoms with van der Waals surface area (Å²) in [6.45, 7) is 10.8. The zero-order valence-corrected chi connectivity index (χ0v) is 9.46. The van der Waals surface area contributed by atoms with E-state index in [-0.39, 0.29) is 5.41 Å². The predicted molar refractivity (Wildman–Crippen MR) is 56.5 cm³/mol. The summed E-state index contributed by atoms with van der Waals surface area (Å²) in [4.78, 5) is 0. The highest BCUT2D eigenvalue weighted by atomic mass is 16.3. The molecule has 2 atom stereocenters. The summed E-state index contributed by atoms with van der Waals surface area (Å²) < 4.78 is 0. The van der Waals surface area contributed by atoms with Crippen LogP contribution in [-0.4, -0.2) is 10.7 Å². The minimum atomic E-state index is -0.574. The molecular formula is C12H22O. The van der Waals surface area contributed by atoms with E-state index in [1.54, 1.807) is 0 Å². The molecule has 0 bridgehead atoms. The minimum absolute atomic E-state index is 0.237. The lowest BCUT2D eigenvalue weighted by Crippen LogP contribution is -2.41. The Bertz CT molecular complexity index is 215. The Morgan fingerprint density at radius 2 is 1.85 bits per heavy atom. The smallest absolute Gasteiger partial charge is 0.0853 e. The third kappa shape index (κ3) is 1.96. The average molecular weight is 182 g/mol. The lowest BCUT2D eigenvalue weighted by atomic mass is 9.66. The molecule has 0 amide bonds. The molecule has 1 aliphatic carbocycles. The largest absolute Gasteiger partial charge is 0.386 e. The van der Waals surface area contributed by atoms with Gasteiger partial charge < -0.3 is 5.11 Å². The third-order valence-electron chi connectivity index (χ3n) is 3.70. The second-order valence-corrected chi connectivity index (χ2v) is 5.41. The van der Waals surface area contributed by atoms with E-state index in [1.165, 1.54) is 0 Å². The summed E-state index contributed by atoms with van der Waals surface area (Å²) in [5, 5.41) is 10.3. The van der Waals surface area contributed by atoms with Crippen molar-refractivity contribution in [3.8, 4) is 0 Å². The molecule has 0 aromatic heterocycles. The molecule has 0 saturated carbocycles. The molecule has 1 nitrogen and oxygen atoms in total. The highest BCUT2D eigenvalue weighted by Crippen LogP contribution is 2.42. The van der Waals surface area contributed by atoms with Crippen molar-refractivity contribution in [2.75, 3.05) is 0 Å². The number of hydrogen-bond donors (Lipinski definition) is 1. The molecule has 2 unspecified atom stereocenters. The number of allylic oxidation sites excluding steroid dienone is 1. The first-order valence-corrected chi connectivity index (χ1v) is 5.21. The molecule has 1 N–H and O–H groups in total. The predicted octanol–water partition coefficient (Wildman–Crippen LogP) is 3.00. The van der Waals surface area contributed by atoms with Gasteiger partial charge in [0, 0.05) is 0 Å². The second kappa shape index (κ2) is 3.13. The van der Waals surface area contributed by atoms with E-state index in [0.29, 0.717) is 11.8 Å². The van der Waals surface area contributed by atoms with Gasteiger partial charge in [-0.2, -0.15) is 0 Å². The van der Waals surface area contributed by atoms with Gasteiger partial charge >= 0.3 is 0 Å². The molecule has 0 aliphatic heterocycles. The topological polar surface area (TPSA) is 20.2 Å².